The Morgan fingerprint density at radius 1 is 1.14 bits per heavy atom. The minimum atomic E-state index is -0.309. The van der Waals surface area contributed by atoms with E-state index in [1.54, 1.807) is 17.0 Å². The zero-order valence-electron chi connectivity index (χ0n) is 12.0. The largest absolute Gasteiger partial charge is 0.350 e. The average Bonchev–Trinajstić information content (AvgIpc) is 2.96. The molecule has 1 amide bonds. The van der Waals surface area contributed by atoms with Crippen molar-refractivity contribution in [2.24, 2.45) is 0 Å². The second-order valence-corrected chi connectivity index (χ2v) is 5.60. The molecular weight excluding hydrogens is 279 g/mol. The van der Waals surface area contributed by atoms with Crippen molar-refractivity contribution in [3.8, 4) is 0 Å². The van der Waals surface area contributed by atoms with Gasteiger partial charge in [-0.3, -0.25) is 4.79 Å². The summed E-state index contributed by atoms with van der Waals surface area (Å²) < 4.78 is 13.3. The van der Waals surface area contributed by atoms with Gasteiger partial charge in [0.1, 0.15) is 11.5 Å². The second-order valence-electron chi connectivity index (χ2n) is 5.60. The van der Waals surface area contributed by atoms with Crippen LogP contribution in [0.15, 0.2) is 48.5 Å². The molecule has 1 aromatic heterocycles. The summed E-state index contributed by atoms with van der Waals surface area (Å²) in [6, 6.07) is 14.3. The first-order valence-electron chi connectivity index (χ1n) is 7.40. The van der Waals surface area contributed by atoms with Crippen molar-refractivity contribution in [3.05, 3.63) is 65.6 Å². The fourth-order valence-corrected chi connectivity index (χ4v) is 3.10. The van der Waals surface area contributed by atoms with Gasteiger partial charge in [0.15, 0.2) is 0 Å². The van der Waals surface area contributed by atoms with Gasteiger partial charge < -0.3 is 9.88 Å². The Kier molecular flexibility index (Phi) is 2.96. The van der Waals surface area contributed by atoms with Crippen LogP contribution in [-0.2, 0) is 6.42 Å². The maximum Gasteiger partial charge on any atom is 0.274 e. The highest BCUT2D eigenvalue weighted by Crippen LogP contribution is 2.28. The molecule has 0 unspecified atom stereocenters. The first-order chi connectivity index (χ1) is 10.7. The third-order valence-corrected chi connectivity index (χ3v) is 4.17. The normalized spacial score (nSPS) is 14.1. The highest BCUT2D eigenvalue weighted by Gasteiger charge is 2.24. The summed E-state index contributed by atoms with van der Waals surface area (Å²) in [6.07, 6.45) is 1.95. The molecule has 0 saturated carbocycles. The van der Waals surface area contributed by atoms with E-state index in [-0.39, 0.29) is 11.7 Å². The van der Waals surface area contributed by atoms with Gasteiger partial charge in [0.25, 0.3) is 5.91 Å². The van der Waals surface area contributed by atoms with Gasteiger partial charge in [-0.05, 0) is 48.7 Å². The number of carbonyl (C=O) groups is 1. The lowest BCUT2D eigenvalue weighted by Gasteiger charge is -2.29. The Balaban J connectivity index is 1.75. The van der Waals surface area contributed by atoms with Crippen molar-refractivity contribution in [3.63, 3.8) is 0 Å². The zero-order valence-corrected chi connectivity index (χ0v) is 12.0. The Bertz CT molecular complexity index is 868. The van der Waals surface area contributed by atoms with E-state index < -0.39 is 0 Å². The maximum atomic E-state index is 13.3. The van der Waals surface area contributed by atoms with Crippen molar-refractivity contribution in [2.45, 2.75) is 12.8 Å². The molecule has 4 rings (SSSR count). The molecule has 0 bridgehead atoms. The summed E-state index contributed by atoms with van der Waals surface area (Å²) in [5, 5.41) is 0.843. The number of rotatable bonds is 1. The standard InChI is InChI=1S/C18H15FN2O/c19-14-8-7-13-10-16(20-15(13)11-14)18(22)21-9-3-5-12-4-1-2-6-17(12)21/h1-2,4,6-8,10-11,20H,3,5,9H2. The first-order valence-corrected chi connectivity index (χ1v) is 7.40. The van der Waals surface area contributed by atoms with E-state index in [1.165, 1.54) is 17.7 Å². The van der Waals surface area contributed by atoms with E-state index in [1.807, 2.05) is 18.2 Å². The van der Waals surface area contributed by atoms with Crippen LogP contribution in [0.5, 0.6) is 0 Å². The minimum absolute atomic E-state index is 0.0660. The van der Waals surface area contributed by atoms with Crippen LogP contribution in [0.2, 0.25) is 0 Å². The van der Waals surface area contributed by atoms with Crippen molar-refractivity contribution >= 4 is 22.5 Å². The molecule has 3 nitrogen and oxygen atoms in total. The van der Waals surface area contributed by atoms with Gasteiger partial charge in [0, 0.05) is 23.1 Å². The Labute approximate surface area is 127 Å². The number of benzene rings is 2. The van der Waals surface area contributed by atoms with Crippen LogP contribution in [0, 0.1) is 5.82 Å². The number of aromatic amines is 1. The van der Waals surface area contributed by atoms with E-state index in [2.05, 4.69) is 11.1 Å². The Hall–Kier alpha value is -2.62. The number of fused-ring (bicyclic) bond motifs is 2. The molecule has 4 heteroatoms. The number of nitrogens with one attached hydrogen (secondary N) is 1. The molecular formula is C18H15FN2O. The van der Waals surface area contributed by atoms with Crippen LogP contribution in [-0.4, -0.2) is 17.4 Å². The molecule has 2 aromatic carbocycles. The molecule has 2 heterocycles. The van der Waals surface area contributed by atoms with E-state index >= 15 is 0 Å². The number of halogens is 1. The molecule has 0 aliphatic carbocycles. The highest BCUT2D eigenvalue weighted by atomic mass is 19.1. The van der Waals surface area contributed by atoms with Crippen LogP contribution in [0.3, 0.4) is 0 Å². The van der Waals surface area contributed by atoms with E-state index in [9.17, 15) is 9.18 Å². The van der Waals surface area contributed by atoms with E-state index in [0.717, 1.165) is 23.9 Å². The number of hydrogen-bond donors (Lipinski definition) is 1. The number of H-pyrrole nitrogens is 1. The number of anilines is 1. The zero-order chi connectivity index (χ0) is 15.1. The first kappa shape index (κ1) is 13.1. The average molecular weight is 294 g/mol. The summed E-state index contributed by atoms with van der Waals surface area (Å²) >= 11 is 0. The lowest BCUT2D eigenvalue weighted by molar-refractivity contribution is 0.0981. The summed E-state index contributed by atoms with van der Waals surface area (Å²) in [7, 11) is 0. The van der Waals surface area contributed by atoms with Crippen molar-refractivity contribution in [1.82, 2.24) is 4.98 Å². The smallest absolute Gasteiger partial charge is 0.274 e. The molecule has 0 spiro atoms. The summed E-state index contributed by atoms with van der Waals surface area (Å²) in [5.41, 5.74) is 3.32. The number of aromatic nitrogens is 1. The number of carbonyl (C=O) groups excluding carboxylic acids is 1. The van der Waals surface area contributed by atoms with Gasteiger partial charge >= 0.3 is 0 Å². The summed E-state index contributed by atoms with van der Waals surface area (Å²) in [4.78, 5) is 17.7. The van der Waals surface area contributed by atoms with Gasteiger partial charge in [-0.2, -0.15) is 0 Å². The monoisotopic (exact) mass is 294 g/mol. The van der Waals surface area contributed by atoms with Crippen molar-refractivity contribution in [1.29, 1.82) is 0 Å². The number of nitrogens with zero attached hydrogens (tertiary/aromatic N) is 1. The molecule has 1 aliphatic heterocycles. The fraction of sp³-hybridized carbons (Fsp3) is 0.167. The summed E-state index contributed by atoms with van der Waals surface area (Å²) in [6.45, 7) is 0.708. The van der Waals surface area contributed by atoms with Gasteiger partial charge in [-0.1, -0.05) is 18.2 Å². The number of para-hydroxylation sites is 1. The minimum Gasteiger partial charge on any atom is -0.350 e. The van der Waals surface area contributed by atoms with E-state index in [0.29, 0.717) is 17.8 Å². The SMILES string of the molecule is O=C(c1cc2ccc(F)cc2[nH]1)N1CCCc2ccccc21. The molecule has 0 radical (unpaired) electrons. The van der Waals surface area contributed by atoms with Crippen LogP contribution in [0.25, 0.3) is 10.9 Å². The van der Waals surface area contributed by atoms with Crippen LogP contribution >= 0.6 is 0 Å². The summed E-state index contributed by atoms with van der Waals surface area (Å²) in [5.74, 6) is -0.375. The molecule has 3 aromatic rings. The lowest BCUT2D eigenvalue weighted by atomic mass is 10.0. The number of amides is 1. The van der Waals surface area contributed by atoms with Crippen LogP contribution in [0.1, 0.15) is 22.5 Å². The Morgan fingerprint density at radius 3 is 2.91 bits per heavy atom. The highest BCUT2D eigenvalue weighted by molar-refractivity contribution is 6.08. The van der Waals surface area contributed by atoms with Crippen molar-refractivity contribution in [2.75, 3.05) is 11.4 Å². The van der Waals surface area contributed by atoms with Gasteiger partial charge in [0.2, 0.25) is 0 Å². The van der Waals surface area contributed by atoms with Gasteiger partial charge in [-0.15, -0.1) is 0 Å². The van der Waals surface area contributed by atoms with Crippen LogP contribution in [0.4, 0.5) is 10.1 Å². The number of hydrogen-bond acceptors (Lipinski definition) is 1. The lowest BCUT2D eigenvalue weighted by Crippen LogP contribution is -2.35. The molecule has 1 aliphatic rings. The molecule has 0 fully saturated rings. The number of aryl methyl sites for hydroxylation is 1. The quantitative estimate of drug-likeness (QED) is 0.726. The molecule has 1 N–H and O–H groups in total. The Morgan fingerprint density at radius 2 is 2.00 bits per heavy atom. The fourth-order valence-electron chi connectivity index (χ4n) is 3.10. The third kappa shape index (κ3) is 2.08. The van der Waals surface area contributed by atoms with Gasteiger partial charge in [-0.25, -0.2) is 4.39 Å². The van der Waals surface area contributed by atoms with E-state index in [4.69, 9.17) is 0 Å². The molecule has 22 heavy (non-hydrogen) atoms. The van der Waals surface area contributed by atoms with Crippen LogP contribution < -0.4 is 4.90 Å². The van der Waals surface area contributed by atoms with Gasteiger partial charge in [0.05, 0.1) is 0 Å². The predicted octanol–water partition coefficient (Wildman–Crippen LogP) is 3.90. The van der Waals surface area contributed by atoms with Crippen molar-refractivity contribution < 1.29 is 9.18 Å². The third-order valence-electron chi connectivity index (χ3n) is 4.17. The molecule has 0 atom stereocenters. The molecule has 110 valence electrons. The second kappa shape index (κ2) is 4.98. The molecule has 0 saturated heterocycles. The topological polar surface area (TPSA) is 36.1 Å². The predicted molar refractivity (Wildman–Crippen MR) is 84.7 cm³/mol. The maximum absolute atomic E-state index is 13.3.